The molecule has 7 heteroatoms. The first-order chi connectivity index (χ1) is 12.4. The molecule has 0 aliphatic carbocycles. The van der Waals surface area contributed by atoms with Gasteiger partial charge in [-0.1, -0.05) is 37.3 Å². The van der Waals surface area contributed by atoms with E-state index >= 15 is 0 Å². The molecule has 1 aromatic carbocycles. The predicted octanol–water partition coefficient (Wildman–Crippen LogP) is 2.61. The molecule has 1 aliphatic heterocycles. The van der Waals surface area contributed by atoms with Crippen molar-refractivity contribution in [1.82, 2.24) is 18.8 Å². The second-order valence-electron chi connectivity index (χ2n) is 7.22. The Labute approximate surface area is 156 Å². The molecule has 0 bridgehead atoms. The lowest BCUT2D eigenvalue weighted by molar-refractivity contribution is 0.278. The fraction of sp³-hybridized carbons (Fsp3) is 0.526. The largest absolute Gasteiger partial charge is 0.279 e. The molecule has 1 aromatic heterocycles. The Morgan fingerprint density at radius 1 is 1.23 bits per heavy atom. The number of piperidine rings is 1. The number of aryl methyl sites for hydroxylation is 1. The van der Waals surface area contributed by atoms with Crippen molar-refractivity contribution in [2.75, 3.05) is 13.1 Å². The molecule has 0 saturated carbocycles. The lowest BCUT2D eigenvalue weighted by Gasteiger charge is -2.30. The zero-order chi connectivity index (χ0) is 18.7. The highest BCUT2D eigenvalue weighted by Crippen LogP contribution is 2.19. The van der Waals surface area contributed by atoms with E-state index in [0.717, 1.165) is 29.8 Å². The highest BCUT2D eigenvalue weighted by Gasteiger charge is 2.27. The van der Waals surface area contributed by atoms with Crippen molar-refractivity contribution in [2.24, 2.45) is 5.92 Å². The number of hydrogen-bond acceptors (Lipinski definition) is 3. The number of benzene rings is 1. The Balaban J connectivity index is 1.70. The molecule has 1 N–H and O–H groups in total. The number of rotatable bonds is 6. The molecule has 26 heavy (non-hydrogen) atoms. The second kappa shape index (κ2) is 7.90. The van der Waals surface area contributed by atoms with E-state index < -0.39 is 10.2 Å². The first kappa shape index (κ1) is 19.1. The second-order valence-corrected chi connectivity index (χ2v) is 8.98. The number of nitrogens with one attached hydrogen (secondary N) is 1. The number of aromatic nitrogens is 2. The molecule has 6 nitrogen and oxygen atoms in total. The van der Waals surface area contributed by atoms with Crippen molar-refractivity contribution < 1.29 is 8.42 Å². The van der Waals surface area contributed by atoms with Gasteiger partial charge in [0, 0.05) is 30.9 Å². The van der Waals surface area contributed by atoms with E-state index in [1.165, 1.54) is 5.56 Å². The van der Waals surface area contributed by atoms with Gasteiger partial charge in [-0.2, -0.15) is 22.5 Å². The molecule has 1 fully saturated rings. The van der Waals surface area contributed by atoms with Gasteiger partial charge >= 0.3 is 0 Å². The molecule has 1 saturated heterocycles. The Bertz CT molecular complexity index is 846. The van der Waals surface area contributed by atoms with Crippen LogP contribution < -0.4 is 4.72 Å². The molecule has 0 unspecified atom stereocenters. The molecule has 1 atom stereocenters. The molecule has 0 radical (unpaired) electrons. The van der Waals surface area contributed by atoms with Crippen LogP contribution in [0.1, 0.15) is 42.3 Å². The van der Waals surface area contributed by atoms with E-state index in [-0.39, 0.29) is 6.54 Å². The summed E-state index contributed by atoms with van der Waals surface area (Å²) < 4.78 is 31.5. The van der Waals surface area contributed by atoms with Gasteiger partial charge < -0.3 is 0 Å². The Kier molecular flexibility index (Phi) is 5.79. The first-order valence-electron chi connectivity index (χ1n) is 9.18. The van der Waals surface area contributed by atoms with Crippen LogP contribution in [0, 0.1) is 19.8 Å². The maximum atomic E-state index is 12.6. The zero-order valence-corrected chi connectivity index (χ0v) is 16.6. The number of nitrogens with zero attached hydrogens (tertiary/aromatic N) is 3. The van der Waals surface area contributed by atoms with Crippen LogP contribution in [0.2, 0.25) is 0 Å². The molecule has 2 heterocycles. The van der Waals surface area contributed by atoms with Crippen LogP contribution in [0.4, 0.5) is 0 Å². The van der Waals surface area contributed by atoms with Gasteiger partial charge in [0.05, 0.1) is 12.2 Å². The highest BCUT2D eigenvalue weighted by molar-refractivity contribution is 7.87. The summed E-state index contributed by atoms with van der Waals surface area (Å²) in [7, 11) is -3.45. The van der Waals surface area contributed by atoms with Crippen molar-refractivity contribution in [1.29, 1.82) is 0 Å². The summed E-state index contributed by atoms with van der Waals surface area (Å²) in [5, 5.41) is 4.60. The minimum atomic E-state index is -3.45. The predicted molar refractivity (Wildman–Crippen MR) is 103 cm³/mol. The van der Waals surface area contributed by atoms with Crippen molar-refractivity contribution in [2.45, 2.75) is 46.7 Å². The summed E-state index contributed by atoms with van der Waals surface area (Å²) in [4.78, 5) is 0. The van der Waals surface area contributed by atoms with Crippen LogP contribution in [-0.4, -0.2) is 35.6 Å². The summed E-state index contributed by atoms with van der Waals surface area (Å²) in [5.41, 5.74) is 4.00. The van der Waals surface area contributed by atoms with E-state index in [2.05, 4.69) is 28.9 Å². The molecule has 2 aromatic rings. The third kappa shape index (κ3) is 4.34. The van der Waals surface area contributed by atoms with E-state index in [1.807, 2.05) is 36.7 Å². The smallest absolute Gasteiger partial charge is 0.265 e. The molecule has 1 aliphatic rings. The van der Waals surface area contributed by atoms with Gasteiger partial charge in [-0.05, 0) is 38.2 Å². The van der Waals surface area contributed by atoms with Gasteiger partial charge in [0.15, 0.2) is 0 Å². The Morgan fingerprint density at radius 3 is 2.65 bits per heavy atom. The lowest BCUT2D eigenvalue weighted by Crippen LogP contribution is -2.45. The molecular weight excluding hydrogens is 348 g/mol. The summed E-state index contributed by atoms with van der Waals surface area (Å²) >= 11 is 0. The van der Waals surface area contributed by atoms with Crippen LogP contribution in [0.3, 0.4) is 0 Å². The monoisotopic (exact) mass is 376 g/mol. The minimum absolute atomic E-state index is 0.277. The SMILES string of the molecule is Cc1nn(Cc2ccccc2)c(C)c1CNS(=O)(=O)N1CCC[C@@H](C)C1. The molecule has 142 valence electrons. The van der Waals surface area contributed by atoms with Gasteiger partial charge in [-0.15, -0.1) is 0 Å². The first-order valence-corrected chi connectivity index (χ1v) is 10.6. The van der Waals surface area contributed by atoms with Gasteiger partial charge in [0.1, 0.15) is 0 Å². The summed E-state index contributed by atoms with van der Waals surface area (Å²) in [6.45, 7) is 8.19. The van der Waals surface area contributed by atoms with Crippen molar-refractivity contribution >= 4 is 10.2 Å². The van der Waals surface area contributed by atoms with Crippen molar-refractivity contribution in [3.05, 3.63) is 52.8 Å². The summed E-state index contributed by atoms with van der Waals surface area (Å²) in [6.07, 6.45) is 2.02. The summed E-state index contributed by atoms with van der Waals surface area (Å²) in [5.74, 6) is 0.414. The van der Waals surface area contributed by atoms with E-state index in [1.54, 1.807) is 4.31 Å². The maximum Gasteiger partial charge on any atom is 0.279 e. The van der Waals surface area contributed by atoms with Gasteiger partial charge in [0.2, 0.25) is 0 Å². The van der Waals surface area contributed by atoms with Crippen LogP contribution in [0.15, 0.2) is 30.3 Å². The quantitative estimate of drug-likeness (QED) is 0.843. The van der Waals surface area contributed by atoms with E-state index in [9.17, 15) is 8.42 Å². The van der Waals surface area contributed by atoms with Crippen LogP contribution in [-0.2, 0) is 23.3 Å². The Hall–Kier alpha value is -1.70. The average molecular weight is 377 g/mol. The summed E-state index contributed by atoms with van der Waals surface area (Å²) in [6, 6.07) is 10.1. The molecule has 0 amide bonds. The molecule has 0 spiro atoms. The third-order valence-electron chi connectivity index (χ3n) is 5.10. The van der Waals surface area contributed by atoms with Crippen LogP contribution >= 0.6 is 0 Å². The van der Waals surface area contributed by atoms with E-state index in [0.29, 0.717) is 25.6 Å². The highest BCUT2D eigenvalue weighted by atomic mass is 32.2. The molecular formula is C19H28N4O2S. The fourth-order valence-corrected chi connectivity index (χ4v) is 4.85. The van der Waals surface area contributed by atoms with Crippen LogP contribution in [0.25, 0.3) is 0 Å². The third-order valence-corrected chi connectivity index (χ3v) is 6.62. The Morgan fingerprint density at radius 2 is 1.96 bits per heavy atom. The fourth-order valence-electron chi connectivity index (χ4n) is 3.52. The maximum absolute atomic E-state index is 12.6. The zero-order valence-electron chi connectivity index (χ0n) is 15.8. The lowest BCUT2D eigenvalue weighted by atomic mass is 10.0. The topological polar surface area (TPSA) is 67.2 Å². The average Bonchev–Trinajstić information content (AvgIpc) is 2.87. The normalized spacial score (nSPS) is 19.0. The van der Waals surface area contributed by atoms with Gasteiger partial charge in [-0.3, -0.25) is 4.68 Å². The van der Waals surface area contributed by atoms with Gasteiger partial charge in [-0.25, -0.2) is 0 Å². The standard InChI is InChI=1S/C19H28N4O2S/c1-15-8-7-11-22(13-15)26(24,25)20-12-19-16(2)21-23(17(19)3)14-18-9-5-4-6-10-18/h4-6,9-10,15,20H,7-8,11-14H2,1-3H3/t15-/m1/s1. The molecule has 3 rings (SSSR count). The van der Waals surface area contributed by atoms with Crippen molar-refractivity contribution in [3.8, 4) is 0 Å². The minimum Gasteiger partial charge on any atom is -0.265 e. The van der Waals surface area contributed by atoms with Gasteiger partial charge in [0.25, 0.3) is 10.2 Å². The van der Waals surface area contributed by atoms with E-state index in [4.69, 9.17) is 0 Å². The number of hydrogen-bond donors (Lipinski definition) is 1. The van der Waals surface area contributed by atoms with Crippen LogP contribution in [0.5, 0.6) is 0 Å². The van der Waals surface area contributed by atoms with Crippen molar-refractivity contribution in [3.63, 3.8) is 0 Å².